The fraction of sp³-hybridized carbons (Fsp3) is 0.857. The first-order chi connectivity index (χ1) is 9.09. The zero-order chi connectivity index (χ0) is 14.0. The van der Waals surface area contributed by atoms with Gasteiger partial charge in [0.05, 0.1) is 0 Å². The van der Waals surface area contributed by atoms with Crippen LogP contribution in [0.15, 0.2) is 0 Å². The molecule has 1 atom stereocenters. The predicted octanol–water partition coefficient (Wildman–Crippen LogP) is 1.65. The smallest absolute Gasteiger partial charge is 0.249 e. The molecule has 0 radical (unpaired) electrons. The van der Waals surface area contributed by atoms with E-state index in [1.165, 1.54) is 0 Å². The molecule has 0 aromatic heterocycles. The molecule has 1 aliphatic carbocycles. The zero-order valence-corrected chi connectivity index (χ0v) is 12.9. The van der Waals surface area contributed by atoms with Gasteiger partial charge in [0.15, 0.2) is 0 Å². The maximum Gasteiger partial charge on any atom is 0.249 e. The second-order valence-electron chi connectivity index (χ2n) is 5.55. The number of carbonyl (C=O) groups excluding carboxylic acids is 2. The van der Waals surface area contributed by atoms with Gasteiger partial charge in [0.2, 0.25) is 11.8 Å². The van der Waals surface area contributed by atoms with Crippen molar-refractivity contribution in [2.75, 3.05) is 18.6 Å². The summed E-state index contributed by atoms with van der Waals surface area (Å²) in [5, 5.41) is 3.02. The lowest BCUT2D eigenvalue weighted by Crippen LogP contribution is -2.70. The Morgan fingerprint density at radius 1 is 1.32 bits per heavy atom. The van der Waals surface area contributed by atoms with Crippen LogP contribution in [0.25, 0.3) is 0 Å². The van der Waals surface area contributed by atoms with Gasteiger partial charge in [-0.05, 0) is 37.9 Å². The SMILES string of the molecule is CCC1(CC)NC(=O)C(C2CC2)N(CCSC)C1=O. The van der Waals surface area contributed by atoms with Crippen molar-refractivity contribution in [2.45, 2.75) is 51.1 Å². The summed E-state index contributed by atoms with van der Waals surface area (Å²) < 4.78 is 0. The van der Waals surface area contributed by atoms with E-state index in [1.54, 1.807) is 11.8 Å². The molecule has 0 aromatic rings. The molecule has 1 N–H and O–H groups in total. The first kappa shape index (κ1) is 14.7. The molecule has 4 nitrogen and oxygen atoms in total. The summed E-state index contributed by atoms with van der Waals surface area (Å²) >= 11 is 1.72. The number of rotatable bonds is 6. The Kier molecular flexibility index (Phi) is 4.43. The highest BCUT2D eigenvalue weighted by molar-refractivity contribution is 7.98. The monoisotopic (exact) mass is 284 g/mol. The van der Waals surface area contributed by atoms with Gasteiger partial charge >= 0.3 is 0 Å². The molecule has 1 unspecified atom stereocenters. The maximum atomic E-state index is 12.8. The molecular formula is C14H24N2O2S. The van der Waals surface area contributed by atoms with Crippen LogP contribution in [0, 0.1) is 5.92 Å². The second kappa shape index (κ2) is 5.73. The number of nitrogens with one attached hydrogen (secondary N) is 1. The van der Waals surface area contributed by atoms with Crippen molar-refractivity contribution >= 4 is 23.6 Å². The first-order valence-corrected chi connectivity index (χ1v) is 8.61. The molecule has 0 spiro atoms. The molecule has 0 aromatic carbocycles. The number of carbonyl (C=O) groups is 2. The third-order valence-corrected chi connectivity index (χ3v) is 5.04. The van der Waals surface area contributed by atoms with Crippen LogP contribution in [0.3, 0.4) is 0 Å². The van der Waals surface area contributed by atoms with Crippen molar-refractivity contribution < 1.29 is 9.59 Å². The Balaban J connectivity index is 2.24. The van der Waals surface area contributed by atoms with Gasteiger partial charge in [0.1, 0.15) is 11.6 Å². The van der Waals surface area contributed by atoms with Crippen molar-refractivity contribution in [2.24, 2.45) is 5.92 Å². The third kappa shape index (κ3) is 2.62. The minimum atomic E-state index is -0.666. The number of nitrogens with zero attached hydrogens (tertiary/aromatic N) is 1. The molecule has 19 heavy (non-hydrogen) atoms. The standard InChI is InChI=1S/C14H24N2O2S/c1-4-14(5-2)13(18)16(8-9-19-3)11(10-6-7-10)12(17)15-14/h10-11H,4-9H2,1-3H3,(H,15,17). The molecule has 1 aliphatic heterocycles. The Bertz CT molecular complexity index is 364. The van der Waals surface area contributed by atoms with Gasteiger partial charge in [-0.3, -0.25) is 9.59 Å². The molecule has 2 aliphatic rings. The van der Waals surface area contributed by atoms with E-state index >= 15 is 0 Å². The summed E-state index contributed by atoms with van der Waals surface area (Å²) in [5.41, 5.74) is -0.666. The Morgan fingerprint density at radius 2 is 1.95 bits per heavy atom. The molecule has 2 fully saturated rings. The van der Waals surface area contributed by atoms with E-state index in [2.05, 4.69) is 5.32 Å². The van der Waals surface area contributed by atoms with Crippen LogP contribution in [-0.4, -0.2) is 46.8 Å². The predicted molar refractivity (Wildman–Crippen MR) is 78.1 cm³/mol. The van der Waals surface area contributed by atoms with Crippen LogP contribution in [0.2, 0.25) is 0 Å². The van der Waals surface area contributed by atoms with Crippen molar-refractivity contribution in [3.63, 3.8) is 0 Å². The molecule has 1 saturated heterocycles. The van der Waals surface area contributed by atoms with E-state index in [-0.39, 0.29) is 17.9 Å². The second-order valence-corrected chi connectivity index (χ2v) is 6.54. The lowest BCUT2D eigenvalue weighted by Gasteiger charge is -2.45. The Hall–Kier alpha value is -0.710. The van der Waals surface area contributed by atoms with E-state index in [0.717, 1.165) is 18.6 Å². The Labute approximate surface area is 119 Å². The van der Waals surface area contributed by atoms with Gasteiger partial charge in [0.25, 0.3) is 0 Å². The average molecular weight is 284 g/mol. The number of amides is 2. The highest BCUT2D eigenvalue weighted by Crippen LogP contribution is 2.39. The topological polar surface area (TPSA) is 49.4 Å². The van der Waals surface area contributed by atoms with Gasteiger partial charge in [-0.2, -0.15) is 11.8 Å². The quantitative estimate of drug-likeness (QED) is 0.807. The molecule has 1 saturated carbocycles. The largest absolute Gasteiger partial charge is 0.340 e. The van der Waals surface area contributed by atoms with E-state index < -0.39 is 5.54 Å². The van der Waals surface area contributed by atoms with Crippen molar-refractivity contribution in [1.29, 1.82) is 0 Å². The van der Waals surface area contributed by atoms with Crippen molar-refractivity contribution in [3.05, 3.63) is 0 Å². The van der Waals surface area contributed by atoms with E-state index in [1.807, 2.05) is 25.0 Å². The van der Waals surface area contributed by atoms with Crippen LogP contribution in [0.4, 0.5) is 0 Å². The Morgan fingerprint density at radius 3 is 2.42 bits per heavy atom. The summed E-state index contributed by atoms with van der Waals surface area (Å²) in [4.78, 5) is 27.1. The summed E-state index contributed by atoms with van der Waals surface area (Å²) in [6, 6.07) is -0.217. The van der Waals surface area contributed by atoms with E-state index in [9.17, 15) is 9.59 Å². The molecular weight excluding hydrogens is 260 g/mol. The van der Waals surface area contributed by atoms with Gasteiger partial charge in [-0.25, -0.2) is 0 Å². The fourth-order valence-corrected chi connectivity index (χ4v) is 3.33. The van der Waals surface area contributed by atoms with Gasteiger partial charge in [-0.1, -0.05) is 13.8 Å². The third-order valence-electron chi connectivity index (χ3n) is 4.45. The van der Waals surface area contributed by atoms with Gasteiger partial charge in [0, 0.05) is 12.3 Å². The van der Waals surface area contributed by atoms with Crippen molar-refractivity contribution in [1.82, 2.24) is 10.2 Å². The lowest BCUT2D eigenvalue weighted by molar-refractivity contribution is -0.156. The normalized spacial score (nSPS) is 26.5. The highest BCUT2D eigenvalue weighted by atomic mass is 32.2. The number of thioether (sulfide) groups is 1. The number of hydrogen-bond donors (Lipinski definition) is 1. The van der Waals surface area contributed by atoms with Crippen molar-refractivity contribution in [3.8, 4) is 0 Å². The van der Waals surface area contributed by atoms with Crippen LogP contribution >= 0.6 is 11.8 Å². The number of hydrogen-bond acceptors (Lipinski definition) is 3. The van der Waals surface area contributed by atoms with Gasteiger partial charge in [-0.15, -0.1) is 0 Å². The first-order valence-electron chi connectivity index (χ1n) is 7.21. The minimum absolute atomic E-state index is 0.0619. The van der Waals surface area contributed by atoms with Crippen LogP contribution in [0.1, 0.15) is 39.5 Å². The molecule has 0 bridgehead atoms. The van der Waals surface area contributed by atoms with Gasteiger partial charge < -0.3 is 10.2 Å². The molecule has 108 valence electrons. The molecule has 5 heteroatoms. The highest BCUT2D eigenvalue weighted by Gasteiger charge is 2.52. The van der Waals surface area contributed by atoms with E-state index in [0.29, 0.717) is 25.3 Å². The fourth-order valence-electron chi connectivity index (χ4n) is 2.95. The maximum absolute atomic E-state index is 12.8. The van der Waals surface area contributed by atoms with Crippen LogP contribution < -0.4 is 5.32 Å². The van der Waals surface area contributed by atoms with E-state index in [4.69, 9.17) is 0 Å². The molecule has 1 heterocycles. The average Bonchev–Trinajstić information content (AvgIpc) is 3.23. The molecule has 2 amide bonds. The van der Waals surface area contributed by atoms with Crippen LogP contribution in [0.5, 0.6) is 0 Å². The molecule has 2 rings (SSSR count). The summed E-state index contributed by atoms with van der Waals surface area (Å²) in [6.45, 7) is 4.65. The summed E-state index contributed by atoms with van der Waals surface area (Å²) in [7, 11) is 0. The van der Waals surface area contributed by atoms with Crippen LogP contribution in [-0.2, 0) is 9.59 Å². The zero-order valence-electron chi connectivity index (χ0n) is 12.1. The minimum Gasteiger partial charge on any atom is -0.340 e. The number of piperazine rings is 1. The summed E-state index contributed by atoms with van der Waals surface area (Å²) in [5.74, 6) is 1.47. The summed E-state index contributed by atoms with van der Waals surface area (Å²) in [6.07, 6.45) is 5.52. The lowest BCUT2D eigenvalue weighted by atomic mass is 9.86.